The first-order valence-electron chi connectivity index (χ1n) is 8.42. The molecule has 0 heterocycles. The van der Waals surface area contributed by atoms with Crippen molar-refractivity contribution in [1.29, 1.82) is 0 Å². The smallest absolute Gasteiger partial charge is 0.305 e. The topological polar surface area (TPSA) is 26.3 Å². The summed E-state index contributed by atoms with van der Waals surface area (Å²) in [5.74, 6) is 0.811. The fourth-order valence-corrected chi connectivity index (χ4v) is 2.18. The number of unbranched alkanes of at least 4 members (excludes halogenated alkanes) is 6. The van der Waals surface area contributed by atoms with Crippen molar-refractivity contribution in [2.24, 2.45) is 5.92 Å². The van der Waals surface area contributed by atoms with Gasteiger partial charge < -0.3 is 4.74 Å². The van der Waals surface area contributed by atoms with Crippen LogP contribution >= 0.6 is 0 Å². The zero-order chi connectivity index (χ0) is 15.1. The molecule has 2 heteroatoms. The Morgan fingerprint density at radius 2 is 1.60 bits per heavy atom. The first-order chi connectivity index (χ1) is 9.70. The highest BCUT2D eigenvalue weighted by molar-refractivity contribution is 5.68. The number of carbonyl (C=O) groups is 1. The van der Waals surface area contributed by atoms with Gasteiger partial charge in [-0.25, -0.2) is 0 Å². The van der Waals surface area contributed by atoms with Crippen LogP contribution in [0.2, 0.25) is 0 Å². The second kappa shape index (κ2) is 14.6. The van der Waals surface area contributed by atoms with E-state index in [9.17, 15) is 4.79 Å². The molecular formula is C18H34O2. The minimum absolute atomic E-state index is 0.0812. The molecule has 0 aliphatic heterocycles. The van der Waals surface area contributed by atoms with Crippen LogP contribution in [0, 0.1) is 5.92 Å². The summed E-state index contributed by atoms with van der Waals surface area (Å²) in [6.45, 7) is 4.62. The Bertz CT molecular complexity index is 246. The molecule has 0 aromatic rings. The first-order valence-corrected chi connectivity index (χ1v) is 8.42. The molecule has 118 valence electrons. The molecule has 0 N–H and O–H groups in total. The van der Waals surface area contributed by atoms with Crippen molar-refractivity contribution in [3.8, 4) is 0 Å². The molecule has 0 aliphatic rings. The Kier molecular flexibility index (Phi) is 14.0. The quantitative estimate of drug-likeness (QED) is 0.247. The van der Waals surface area contributed by atoms with Gasteiger partial charge in [-0.2, -0.15) is 0 Å². The summed E-state index contributed by atoms with van der Waals surface area (Å²) in [7, 11) is 1.45. The van der Waals surface area contributed by atoms with Gasteiger partial charge in [0.1, 0.15) is 0 Å². The molecule has 1 atom stereocenters. The van der Waals surface area contributed by atoms with Gasteiger partial charge in [0.05, 0.1) is 7.11 Å². The summed E-state index contributed by atoms with van der Waals surface area (Å²) in [6.07, 6.45) is 17.6. The summed E-state index contributed by atoms with van der Waals surface area (Å²) in [4.78, 5) is 10.9. The second-order valence-corrected chi connectivity index (χ2v) is 5.80. The normalized spacial score (nSPS) is 12.8. The van der Waals surface area contributed by atoms with Crippen LogP contribution < -0.4 is 0 Å². The summed E-state index contributed by atoms with van der Waals surface area (Å²) in [5.41, 5.74) is 0. The van der Waals surface area contributed by atoms with Crippen molar-refractivity contribution in [3.05, 3.63) is 12.2 Å². The minimum atomic E-state index is -0.0812. The molecule has 0 saturated carbocycles. The van der Waals surface area contributed by atoms with E-state index in [2.05, 4.69) is 30.7 Å². The van der Waals surface area contributed by atoms with E-state index in [1.165, 1.54) is 58.5 Å². The molecule has 0 saturated heterocycles. The Morgan fingerprint density at radius 1 is 1.00 bits per heavy atom. The van der Waals surface area contributed by atoms with Crippen LogP contribution in [0.15, 0.2) is 12.2 Å². The maximum absolute atomic E-state index is 10.9. The van der Waals surface area contributed by atoms with Crippen molar-refractivity contribution in [3.63, 3.8) is 0 Å². The fourth-order valence-electron chi connectivity index (χ4n) is 2.18. The van der Waals surface area contributed by atoms with E-state index in [1.807, 2.05) is 0 Å². The lowest BCUT2D eigenvalue weighted by molar-refractivity contribution is -0.140. The van der Waals surface area contributed by atoms with E-state index >= 15 is 0 Å². The maximum Gasteiger partial charge on any atom is 0.305 e. The summed E-state index contributed by atoms with van der Waals surface area (Å²) in [5, 5.41) is 0. The molecule has 0 aliphatic carbocycles. The van der Waals surface area contributed by atoms with Gasteiger partial charge in [0.2, 0.25) is 0 Å². The molecule has 0 rings (SSSR count). The molecular weight excluding hydrogens is 248 g/mol. The number of esters is 1. The van der Waals surface area contributed by atoms with Gasteiger partial charge in [-0.3, -0.25) is 4.79 Å². The first kappa shape index (κ1) is 19.2. The maximum atomic E-state index is 10.9. The van der Waals surface area contributed by atoms with Gasteiger partial charge in [-0.05, 0) is 38.0 Å². The fraction of sp³-hybridized carbons (Fsp3) is 0.833. The molecule has 0 unspecified atom stereocenters. The molecule has 0 aromatic carbocycles. The van der Waals surface area contributed by atoms with Crippen molar-refractivity contribution in [2.45, 2.75) is 84.5 Å². The van der Waals surface area contributed by atoms with Crippen LogP contribution in [0.3, 0.4) is 0 Å². The van der Waals surface area contributed by atoms with Gasteiger partial charge in [0.15, 0.2) is 0 Å². The average molecular weight is 282 g/mol. The molecule has 0 spiro atoms. The molecule has 20 heavy (non-hydrogen) atoms. The summed E-state index contributed by atoms with van der Waals surface area (Å²) >= 11 is 0. The van der Waals surface area contributed by atoms with Crippen LogP contribution in [0.25, 0.3) is 0 Å². The summed E-state index contributed by atoms with van der Waals surface area (Å²) in [6, 6.07) is 0. The van der Waals surface area contributed by atoms with E-state index in [1.54, 1.807) is 0 Å². The predicted molar refractivity (Wildman–Crippen MR) is 86.8 cm³/mol. The molecule has 0 fully saturated rings. The van der Waals surface area contributed by atoms with E-state index in [0.29, 0.717) is 6.42 Å². The number of hydrogen-bond donors (Lipinski definition) is 0. The van der Waals surface area contributed by atoms with Crippen molar-refractivity contribution >= 4 is 5.97 Å². The van der Waals surface area contributed by atoms with Crippen molar-refractivity contribution in [2.75, 3.05) is 7.11 Å². The molecule has 2 nitrogen and oxygen atoms in total. The minimum Gasteiger partial charge on any atom is -0.469 e. The zero-order valence-corrected chi connectivity index (χ0v) is 13.8. The van der Waals surface area contributed by atoms with Crippen LogP contribution in [-0.2, 0) is 9.53 Å². The van der Waals surface area contributed by atoms with Crippen LogP contribution in [0.4, 0.5) is 0 Å². The SMILES string of the molecule is CC[C@@H](C)CCCC/C=C\CCCCCCC(=O)OC. The molecule has 0 bridgehead atoms. The standard InChI is InChI=1S/C18H34O2/c1-4-17(2)15-13-11-9-7-5-6-8-10-12-14-16-18(19)20-3/h5,7,17H,4,6,8-16H2,1-3H3/b7-5-/t17-/m1/s1. The third-order valence-corrected chi connectivity index (χ3v) is 3.91. The molecule has 0 amide bonds. The highest BCUT2D eigenvalue weighted by Crippen LogP contribution is 2.12. The predicted octanol–water partition coefficient (Wildman–Crippen LogP) is 5.66. The van der Waals surface area contributed by atoms with E-state index in [-0.39, 0.29) is 5.97 Å². The average Bonchev–Trinajstić information content (AvgIpc) is 2.47. The van der Waals surface area contributed by atoms with Gasteiger partial charge in [0.25, 0.3) is 0 Å². The van der Waals surface area contributed by atoms with Crippen LogP contribution in [-0.4, -0.2) is 13.1 Å². The Morgan fingerprint density at radius 3 is 2.20 bits per heavy atom. The number of ether oxygens (including phenoxy) is 1. The second-order valence-electron chi connectivity index (χ2n) is 5.80. The Balaban J connectivity index is 3.18. The number of carbonyl (C=O) groups excluding carboxylic acids is 1. The van der Waals surface area contributed by atoms with Crippen LogP contribution in [0.5, 0.6) is 0 Å². The molecule has 0 aromatic heterocycles. The highest BCUT2D eigenvalue weighted by atomic mass is 16.5. The van der Waals surface area contributed by atoms with E-state index in [4.69, 9.17) is 0 Å². The van der Waals surface area contributed by atoms with Gasteiger partial charge in [0, 0.05) is 6.42 Å². The van der Waals surface area contributed by atoms with Crippen LogP contribution in [0.1, 0.15) is 84.5 Å². The summed E-state index contributed by atoms with van der Waals surface area (Å²) < 4.78 is 4.61. The lowest BCUT2D eigenvalue weighted by Crippen LogP contribution is -1.98. The third kappa shape index (κ3) is 13.6. The lowest BCUT2D eigenvalue weighted by atomic mass is 10.0. The lowest BCUT2D eigenvalue weighted by Gasteiger charge is -2.06. The number of methoxy groups -OCH3 is 1. The Hall–Kier alpha value is -0.790. The van der Waals surface area contributed by atoms with Crippen molar-refractivity contribution < 1.29 is 9.53 Å². The largest absolute Gasteiger partial charge is 0.469 e. The van der Waals surface area contributed by atoms with Gasteiger partial charge in [-0.15, -0.1) is 0 Å². The number of hydrogen-bond acceptors (Lipinski definition) is 2. The Labute approximate surface area is 126 Å². The highest BCUT2D eigenvalue weighted by Gasteiger charge is 1.98. The zero-order valence-electron chi connectivity index (χ0n) is 13.8. The number of allylic oxidation sites excluding steroid dienone is 2. The van der Waals surface area contributed by atoms with E-state index in [0.717, 1.165) is 18.8 Å². The van der Waals surface area contributed by atoms with E-state index < -0.39 is 0 Å². The monoisotopic (exact) mass is 282 g/mol. The van der Waals surface area contributed by atoms with Gasteiger partial charge in [-0.1, -0.05) is 58.1 Å². The van der Waals surface area contributed by atoms with Crippen molar-refractivity contribution in [1.82, 2.24) is 0 Å². The third-order valence-electron chi connectivity index (χ3n) is 3.91. The van der Waals surface area contributed by atoms with Gasteiger partial charge >= 0.3 is 5.97 Å². The molecule has 0 radical (unpaired) electrons. The number of rotatable bonds is 13.